The molecule has 0 radical (unpaired) electrons. The lowest BCUT2D eigenvalue weighted by Crippen LogP contribution is -2.33. The van der Waals surface area contributed by atoms with Crippen molar-refractivity contribution in [2.45, 2.75) is 18.7 Å². The highest BCUT2D eigenvalue weighted by atomic mass is 35.5. The Hall–Kier alpha value is -2.85. The van der Waals surface area contributed by atoms with Crippen molar-refractivity contribution in [3.8, 4) is 5.75 Å². The first-order valence-corrected chi connectivity index (χ1v) is 8.96. The zero-order chi connectivity index (χ0) is 17.5. The number of halogens is 1. The fourth-order valence-corrected chi connectivity index (χ4v) is 3.80. The van der Waals surface area contributed by atoms with Crippen LogP contribution in [0.15, 0.2) is 78.0 Å². The van der Waals surface area contributed by atoms with Crippen molar-refractivity contribution in [3.63, 3.8) is 0 Å². The molecule has 0 amide bonds. The molecule has 0 bridgehead atoms. The van der Waals surface area contributed by atoms with E-state index in [1.807, 2.05) is 65.7 Å². The number of aromatic nitrogens is 1. The summed E-state index contributed by atoms with van der Waals surface area (Å²) in [6, 6.07) is 22.0. The first-order valence-electron chi connectivity index (χ1n) is 8.58. The third kappa shape index (κ3) is 2.54. The van der Waals surface area contributed by atoms with Gasteiger partial charge < -0.3 is 4.74 Å². The molecule has 4 nitrogen and oxygen atoms in total. The van der Waals surface area contributed by atoms with E-state index in [-0.39, 0.29) is 12.3 Å². The predicted molar refractivity (Wildman–Crippen MR) is 101 cm³/mol. The van der Waals surface area contributed by atoms with Gasteiger partial charge >= 0.3 is 0 Å². The molecule has 128 valence electrons. The van der Waals surface area contributed by atoms with Crippen LogP contribution >= 0.6 is 11.6 Å². The Morgan fingerprint density at radius 3 is 2.73 bits per heavy atom. The van der Waals surface area contributed by atoms with Crippen LogP contribution in [0.4, 0.5) is 0 Å². The molecule has 0 unspecified atom stereocenters. The van der Waals surface area contributed by atoms with Crippen LogP contribution in [0.2, 0.25) is 5.02 Å². The van der Waals surface area contributed by atoms with Crippen LogP contribution in [-0.2, 0) is 0 Å². The fourth-order valence-electron chi connectivity index (χ4n) is 3.60. The molecule has 0 spiro atoms. The zero-order valence-electron chi connectivity index (χ0n) is 13.9. The van der Waals surface area contributed by atoms with Gasteiger partial charge in [-0.3, -0.25) is 4.98 Å². The van der Waals surface area contributed by atoms with Crippen LogP contribution in [0.3, 0.4) is 0 Å². The molecule has 5 heteroatoms. The number of nitrogens with zero attached hydrogens (tertiary/aromatic N) is 3. The Balaban J connectivity index is 1.61. The normalized spacial score (nSPS) is 20.8. The quantitative estimate of drug-likeness (QED) is 0.646. The Morgan fingerprint density at radius 2 is 1.88 bits per heavy atom. The van der Waals surface area contributed by atoms with Crippen molar-refractivity contribution in [1.82, 2.24) is 9.99 Å². The molecule has 1 aromatic heterocycles. The van der Waals surface area contributed by atoms with Crippen molar-refractivity contribution in [1.29, 1.82) is 0 Å². The van der Waals surface area contributed by atoms with E-state index in [2.05, 4.69) is 11.1 Å². The summed E-state index contributed by atoms with van der Waals surface area (Å²) in [5, 5.41) is 7.62. The van der Waals surface area contributed by atoms with Crippen LogP contribution < -0.4 is 4.74 Å². The van der Waals surface area contributed by atoms with Gasteiger partial charge in [0, 0.05) is 28.8 Å². The summed E-state index contributed by atoms with van der Waals surface area (Å²) in [7, 11) is 0. The van der Waals surface area contributed by atoms with Crippen molar-refractivity contribution in [3.05, 3.63) is 94.8 Å². The fraction of sp³-hybridized carbons (Fsp3) is 0.143. The lowest BCUT2D eigenvalue weighted by Gasteiger charge is -2.38. The summed E-state index contributed by atoms with van der Waals surface area (Å²) >= 11 is 6.21. The van der Waals surface area contributed by atoms with E-state index in [1.165, 1.54) is 0 Å². The Bertz CT molecular complexity index is 989. The van der Waals surface area contributed by atoms with Crippen LogP contribution in [0, 0.1) is 0 Å². The highest BCUT2D eigenvalue weighted by molar-refractivity contribution is 6.30. The summed E-state index contributed by atoms with van der Waals surface area (Å²) in [4.78, 5) is 4.47. The number of benzene rings is 2. The second-order valence-electron chi connectivity index (χ2n) is 6.42. The molecule has 0 saturated heterocycles. The lowest BCUT2D eigenvalue weighted by atomic mass is 9.97. The number of ether oxygens (including phenoxy) is 1. The standard InChI is InChI=1S/C21H16ClN3O/c22-15-7-5-6-14(12-15)21-25-19(16-8-1-2-10-20(16)26-21)13-18(24-25)17-9-3-4-11-23-17/h1-12,19,21H,13H2/t19-,21+/m0/s1. The maximum Gasteiger partial charge on any atom is 0.213 e. The van der Waals surface area contributed by atoms with E-state index in [1.54, 1.807) is 6.20 Å². The van der Waals surface area contributed by atoms with Gasteiger partial charge in [-0.1, -0.05) is 48.0 Å². The number of pyridine rings is 1. The number of para-hydroxylation sites is 1. The van der Waals surface area contributed by atoms with E-state index in [4.69, 9.17) is 21.4 Å². The van der Waals surface area contributed by atoms with Gasteiger partial charge in [0.25, 0.3) is 0 Å². The summed E-state index contributed by atoms with van der Waals surface area (Å²) in [6.45, 7) is 0. The van der Waals surface area contributed by atoms with Crippen LogP contribution in [0.25, 0.3) is 0 Å². The Morgan fingerprint density at radius 1 is 1.00 bits per heavy atom. The summed E-state index contributed by atoms with van der Waals surface area (Å²) < 4.78 is 6.31. The Kier molecular flexibility index (Phi) is 3.64. The predicted octanol–water partition coefficient (Wildman–Crippen LogP) is 4.98. The molecule has 0 saturated carbocycles. The highest BCUT2D eigenvalue weighted by Crippen LogP contribution is 2.47. The summed E-state index contributed by atoms with van der Waals surface area (Å²) in [5.74, 6) is 0.899. The van der Waals surface area contributed by atoms with Gasteiger partial charge in [0.1, 0.15) is 5.75 Å². The van der Waals surface area contributed by atoms with Crippen LogP contribution in [-0.4, -0.2) is 15.7 Å². The van der Waals surface area contributed by atoms with Gasteiger partial charge in [0.05, 0.1) is 17.4 Å². The molecule has 2 aliphatic rings. The number of hydrazone groups is 1. The molecule has 0 fully saturated rings. The lowest BCUT2D eigenvalue weighted by molar-refractivity contribution is -0.0190. The number of hydrogen-bond donors (Lipinski definition) is 0. The minimum Gasteiger partial charge on any atom is -0.464 e. The van der Waals surface area contributed by atoms with Crippen molar-refractivity contribution in [2.24, 2.45) is 5.10 Å². The summed E-state index contributed by atoms with van der Waals surface area (Å²) in [5.41, 5.74) is 4.02. The minimum absolute atomic E-state index is 0.126. The number of hydrogen-bond acceptors (Lipinski definition) is 4. The van der Waals surface area contributed by atoms with Gasteiger partial charge in [-0.25, -0.2) is 5.01 Å². The second-order valence-corrected chi connectivity index (χ2v) is 6.86. The van der Waals surface area contributed by atoms with E-state index >= 15 is 0 Å². The van der Waals surface area contributed by atoms with Gasteiger partial charge in [0.2, 0.25) is 6.23 Å². The van der Waals surface area contributed by atoms with Gasteiger partial charge in [-0.15, -0.1) is 0 Å². The van der Waals surface area contributed by atoms with E-state index in [0.717, 1.165) is 34.7 Å². The molecule has 2 aliphatic heterocycles. The third-order valence-electron chi connectivity index (χ3n) is 4.79. The molecule has 3 aromatic rings. The molecule has 5 rings (SSSR count). The zero-order valence-corrected chi connectivity index (χ0v) is 14.7. The molecule has 26 heavy (non-hydrogen) atoms. The topological polar surface area (TPSA) is 37.7 Å². The maximum absolute atomic E-state index is 6.31. The smallest absolute Gasteiger partial charge is 0.213 e. The molecular weight excluding hydrogens is 346 g/mol. The van der Waals surface area contributed by atoms with Crippen molar-refractivity contribution in [2.75, 3.05) is 0 Å². The first-order chi connectivity index (χ1) is 12.8. The molecule has 2 aromatic carbocycles. The van der Waals surface area contributed by atoms with E-state index in [0.29, 0.717) is 5.02 Å². The Labute approximate surface area is 156 Å². The molecular formula is C21H16ClN3O. The largest absolute Gasteiger partial charge is 0.464 e. The van der Waals surface area contributed by atoms with E-state index < -0.39 is 0 Å². The molecule has 0 aliphatic carbocycles. The van der Waals surface area contributed by atoms with Gasteiger partial charge in [0.15, 0.2) is 0 Å². The second kappa shape index (κ2) is 6.15. The summed E-state index contributed by atoms with van der Waals surface area (Å²) in [6.07, 6.45) is 2.29. The third-order valence-corrected chi connectivity index (χ3v) is 5.03. The molecule has 3 heterocycles. The van der Waals surface area contributed by atoms with Crippen molar-refractivity contribution >= 4 is 17.3 Å². The minimum atomic E-state index is -0.310. The monoisotopic (exact) mass is 361 g/mol. The van der Waals surface area contributed by atoms with Crippen LogP contribution in [0.1, 0.15) is 35.5 Å². The maximum atomic E-state index is 6.31. The van der Waals surface area contributed by atoms with Crippen LogP contribution in [0.5, 0.6) is 5.75 Å². The van der Waals surface area contributed by atoms with Crippen molar-refractivity contribution < 1.29 is 4.74 Å². The van der Waals surface area contributed by atoms with Gasteiger partial charge in [-0.2, -0.15) is 5.10 Å². The van der Waals surface area contributed by atoms with Gasteiger partial charge in [-0.05, 0) is 30.3 Å². The average molecular weight is 362 g/mol. The molecule has 2 atom stereocenters. The molecule has 0 N–H and O–H groups in total. The number of rotatable bonds is 2. The SMILES string of the molecule is Clc1cccc([C@H]2Oc3ccccc3[C@@H]3CC(c4ccccn4)=NN23)c1. The first kappa shape index (κ1) is 15.4. The number of fused-ring (bicyclic) bond motifs is 3. The average Bonchev–Trinajstić information content (AvgIpc) is 3.14. The van der Waals surface area contributed by atoms with E-state index in [9.17, 15) is 0 Å². The highest BCUT2D eigenvalue weighted by Gasteiger charge is 2.41.